The van der Waals surface area contributed by atoms with E-state index in [1.807, 2.05) is 12.1 Å². The van der Waals surface area contributed by atoms with Gasteiger partial charge in [-0.3, -0.25) is 0 Å². The first-order chi connectivity index (χ1) is 55.8. The number of rotatable bonds is 42. The van der Waals surface area contributed by atoms with Gasteiger partial charge in [-0.15, -0.1) is 0 Å². The van der Waals surface area contributed by atoms with Crippen LogP contribution in [0.4, 0.5) is 0 Å². The number of ether oxygens (including phenoxy) is 8. The van der Waals surface area contributed by atoms with E-state index in [4.69, 9.17) is 37.9 Å². The lowest BCUT2D eigenvalue weighted by atomic mass is 9.77. The van der Waals surface area contributed by atoms with Crippen LogP contribution in [0.2, 0.25) is 0 Å². The molecule has 0 radical (unpaired) electrons. The zero-order valence-corrected chi connectivity index (χ0v) is 72.4. The van der Waals surface area contributed by atoms with Crippen molar-refractivity contribution in [1.29, 1.82) is 0 Å². The molecule has 2 aliphatic carbocycles. The Hall–Kier alpha value is -10.2. The van der Waals surface area contributed by atoms with Crippen molar-refractivity contribution in [3.8, 4) is 33.4 Å². The summed E-state index contributed by atoms with van der Waals surface area (Å²) in [5.74, 6) is -2.07. The van der Waals surface area contributed by atoms with Crippen molar-refractivity contribution in [3.05, 3.63) is 241 Å². The molecule has 0 amide bonds. The van der Waals surface area contributed by atoms with E-state index in [1.165, 1.54) is 119 Å². The summed E-state index contributed by atoms with van der Waals surface area (Å²) in [6, 6.07) is 42.1. The Morgan fingerprint density at radius 3 is 1.06 bits per heavy atom. The summed E-state index contributed by atoms with van der Waals surface area (Å²) in [5, 5.41) is 0. The number of carbonyl (C=O) groups excluding carboxylic acids is 8. The highest BCUT2D eigenvalue weighted by molar-refractivity contribution is 5.91. The number of esters is 8. The Kier molecular flexibility index (Phi) is 45.7. The minimum atomic E-state index is -1.16. The molecular weight excluding hydrogens is 1470 g/mol. The average Bonchev–Trinajstić information content (AvgIpc) is 0.828. The number of hydrogen-bond acceptors (Lipinski definition) is 16. The van der Waals surface area contributed by atoms with E-state index in [2.05, 4.69) is 177 Å². The molecule has 0 heterocycles. The van der Waals surface area contributed by atoms with Gasteiger partial charge in [0.15, 0.2) is 0 Å². The third-order valence-electron chi connectivity index (χ3n) is 20.6. The van der Waals surface area contributed by atoms with Crippen molar-refractivity contribution in [1.82, 2.24) is 0 Å². The van der Waals surface area contributed by atoms with Gasteiger partial charge in [0.05, 0.1) is 13.2 Å². The lowest BCUT2D eigenvalue weighted by molar-refractivity contribution is -0.195. The molecule has 2 fully saturated rings. The summed E-state index contributed by atoms with van der Waals surface area (Å²) >= 11 is 0. The average molecular weight is 1600 g/mol. The SMILES string of the molecule is C=C(C)C(=O)OC(CCCCCCCCC)OC(=O)C(=C)C.C=C(C)C(=O)OC(OC(=O)C(=C)C)C1CCC(CCCC)CC1.C=C(C)C(=O)OC(OC(=O)C(=C)C)c1ccc(-c2ccc(C3CCC(CCC)CC3)cc2)cc1.C=C(C)C(=O)OCC(COC(=O)C(=C)C)Cc1ccc(-c2ccc(-c3ccc(CCCC)cc3)cc2)cc1. The molecule has 5 aromatic rings. The van der Waals surface area contributed by atoms with Crippen molar-refractivity contribution >= 4 is 47.8 Å². The summed E-state index contributed by atoms with van der Waals surface area (Å²) in [4.78, 5) is 94.6. The van der Waals surface area contributed by atoms with Crippen molar-refractivity contribution < 1.29 is 76.3 Å². The lowest BCUT2D eigenvalue weighted by Crippen LogP contribution is -2.34. The Labute approximate surface area is 699 Å². The van der Waals surface area contributed by atoms with Crippen LogP contribution < -0.4 is 0 Å². The molecular formula is C101H134O16. The van der Waals surface area contributed by atoms with Gasteiger partial charge in [0.2, 0.25) is 6.29 Å². The predicted molar refractivity (Wildman–Crippen MR) is 469 cm³/mol. The monoisotopic (exact) mass is 1600 g/mol. The molecule has 7 rings (SSSR count). The fourth-order valence-corrected chi connectivity index (χ4v) is 13.3. The number of aryl methyl sites for hydroxylation is 1. The molecule has 0 aromatic heterocycles. The van der Waals surface area contributed by atoms with Gasteiger partial charge in [-0.05, 0) is 200 Å². The van der Waals surface area contributed by atoms with Crippen LogP contribution in [0.1, 0.15) is 265 Å². The van der Waals surface area contributed by atoms with Gasteiger partial charge in [0.1, 0.15) is 0 Å². The summed E-state index contributed by atoms with van der Waals surface area (Å²) < 4.78 is 42.4. The second-order valence-corrected chi connectivity index (χ2v) is 31.7. The Bertz CT molecular complexity index is 3950. The fourth-order valence-electron chi connectivity index (χ4n) is 13.3. The molecule has 0 aliphatic heterocycles. The van der Waals surface area contributed by atoms with Crippen LogP contribution in [0.5, 0.6) is 0 Å². The topological polar surface area (TPSA) is 210 Å². The molecule has 16 nitrogen and oxygen atoms in total. The highest BCUT2D eigenvalue weighted by atomic mass is 16.7. The fraction of sp³-hybridized carbons (Fsp3) is 0.465. The van der Waals surface area contributed by atoms with E-state index in [9.17, 15) is 38.4 Å². The molecule has 16 heteroatoms. The highest BCUT2D eigenvalue weighted by Crippen LogP contribution is 2.39. The van der Waals surface area contributed by atoms with E-state index < -0.39 is 66.6 Å². The zero-order valence-electron chi connectivity index (χ0n) is 72.4. The minimum absolute atomic E-state index is 0.0551. The molecule has 0 unspecified atom stereocenters. The van der Waals surface area contributed by atoms with E-state index in [0.717, 1.165) is 91.0 Å². The van der Waals surface area contributed by atoms with E-state index in [-0.39, 0.29) is 47.3 Å². The van der Waals surface area contributed by atoms with Gasteiger partial charge in [-0.2, -0.15) is 0 Å². The van der Waals surface area contributed by atoms with Gasteiger partial charge < -0.3 is 37.9 Å². The smallest absolute Gasteiger partial charge is 0.336 e. The van der Waals surface area contributed by atoms with Crippen molar-refractivity contribution in [3.63, 3.8) is 0 Å². The number of hydrogen-bond donors (Lipinski definition) is 0. The summed E-state index contributed by atoms with van der Waals surface area (Å²) in [5.41, 5.74) is 13.6. The Balaban J connectivity index is 0.000000337. The van der Waals surface area contributed by atoms with Crippen LogP contribution in [0, 0.1) is 23.7 Å². The molecule has 0 atom stereocenters. The van der Waals surface area contributed by atoms with Crippen molar-refractivity contribution in [2.24, 2.45) is 23.7 Å². The summed E-state index contributed by atoms with van der Waals surface area (Å²) in [6.45, 7) is 50.4. The van der Waals surface area contributed by atoms with Crippen LogP contribution in [0.15, 0.2) is 219 Å². The molecule has 117 heavy (non-hydrogen) atoms. The number of carbonyl (C=O) groups is 8. The first-order valence-electron chi connectivity index (χ1n) is 42.1. The zero-order chi connectivity index (χ0) is 86.5. The summed E-state index contributed by atoms with van der Waals surface area (Å²) in [6.07, 6.45) is 25.5. The molecule has 2 aliphatic rings. The maximum atomic E-state index is 12.0. The molecule has 0 bridgehead atoms. The third kappa shape index (κ3) is 37.7. The van der Waals surface area contributed by atoms with Gasteiger partial charge in [-0.25, -0.2) is 38.4 Å². The molecule has 0 N–H and O–H groups in total. The Morgan fingerprint density at radius 1 is 0.333 bits per heavy atom. The van der Waals surface area contributed by atoms with E-state index >= 15 is 0 Å². The van der Waals surface area contributed by atoms with Crippen LogP contribution in [0.25, 0.3) is 33.4 Å². The largest absolute Gasteiger partial charge is 0.462 e. The van der Waals surface area contributed by atoms with Crippen LogP contribution in [-0.2, 0) is 89.1 Å². The molecule has 0 saturated heterocycles. The second-order valence-electron chi connectivity index (χ2n) is 31.7. The van der Waals surface area contributed by atoms with Crippen LogP contribution >= 0.6 is 0 Å². The van der Waals surface area contributed by atoms with Gasteiger partial charge in [0, 0.05) is 68.4 Å². The quantitative estimate of drug-likeness (QED) is 0.0117. The first-order valence-corrected chi connectivity index (χ1v) is 42.1. The highest BCUT2D eigenvalue weighted by Gasteiger charge is 2.34. The lowest BCUT2D eigenvalue weighted by Gasteiger charge is -2.33. The minimum Gasteiger partial charge on any atom is -0.462 e. The second kappa shape index (κ2) is 53.9. The predicted octanol–water partition coefficient (Wildman–Crippen LogP) is 24.7. The third-order valence-corrected chi connectivity index (χ3v) is 20.6. The standard InChI is InChI=1S/C34H38O4.C30H36O4.C19H30O4.C18H30O4/c1-6-7-8-26-9-13-29(14-10-26)31-17-19-32(20-18-31)30-15-11-27(12-16-30)21-28(22-37-33(35)24(2)3)23-38-34(36)25(4)5;1-6-7-22-8-10-23(11-9-22)24-12-14-25(15-13-24)26-16-18-27(19-17-26)30(33-28(31)20(2)3)34-29(32)21(4)5;1-6-7-8-15-9-11-16(12-10-15)19(22-17(20)13(2)3)23-18(21)14(4)5;1-6-7-8-9-10-11-12-13-16(21-17(19)14(2)3)22-18(20)15(4)5/h9-20,28H,2,4,6-8,21-23H2,1,3,5H3;12-19,22-23,30H,2,4,6-11H2,1,3,5H3;15-16,19H,2,4,6-12H2,1,3,5H3;16H,2,4,6-13H2,1,3,5H3. The molecule has 634 valence electrons. The van der Waals surface area contributed by atoms with Gasteiger partial charge in [0.25, 0.3) is 12.6 Å². The van der Waals surface area contributed by atoms with E-state index in [1.54, 1.807) is 67.5 Å². The van der Waals surface area contributed by atoms with Gasteiger partial charge in [-0.1, -0.05) is 279 Å². The Morgan fingerprint density at radius 2 is 0.667 bits per heavy atom. The number of benzene rings is 5. The maximum Gasteiger partial charge on any atom is 0.336 e. The maximum absolute atomic E-state index is 12.0. The van der Waals surface area contributed by atoms with E-state index in [0.29, 0.717) is 46.6 Å². The van der Waals surface area contributed by atoms with Crippen LogP contribution in [0.3, 0.4) is 0 Å². The van der Waals surface area contributed by atoms with Gasteiger partial charge >= 0.3 is 47.8 Å². The normalized spacial score (nSPS) is 14.7. The number of unbranched alkanes of at least 4 members (excludes halogenated alkanes) is 8. The first kappa shape index (κ1) is 99.1. The molecule has 0 spiro atoms. The van der Waals surface area contributed by atoms with Crippen molar-refractivity contribution in [2.45, 2.75) is 268 Å². The molecule has 5 aromatic carbocycles. The van der Waals surface area contributed by atoms with Crippen LogP contribution in [-0.4, -0.2) is 73.5 Å². The van der Waals surface area contributed by atoms with Crippen molar-refractivity contribution in [2.75, 3.05) is 13.2 Å². The molecule has 2 saturated carbocycles. The summed E-state index contributed by atoms with van der Waals surface area (Å²) in [7, 11) is 0.